The van der Waals surface area contributed by atoms with Crippen LogP contribution in [0.3, 0.4) is 0 Å². The van der Waals surface area contributed by atoms with Crippen LogP contribution in [0.15, 0.2) is 18.6 Å². The van der Waals surface area contributed by atoms with Crippen LogP contribution in [0, 0.1) is 5.92 Å². The molecular formula is C15H18N4O2. The van der Waals surface area contributed by atoms with E-state index >= 15 is 0 Å². The molecule has 6 heteroatoms. The van der Waals surface area contributed by atoms with Crippen LogP contribution in [0.5, 0.6) is 0 Å². The predicted molar refractivity (Wildman–Crippen MR) is 74.3 cm³/mol. The van der Waals surface area contributed by atoms with Gasteiger partial charge in [0.1, 0.15) is 5.69 Å². The van der Waals surface area contributed by atoms with E-state index in [0.29, 0.717) is 24.6 Å². The molecule has 3 aliphatic rings. The van der Waals surface area contributed by atoms with Gasteiger partial charge in [0.15, 0.2) is 0 Å². The molecule has 0 radical (unpaired) electrons. The Balaban J connectivity index is 1.52. The number of nitrogens with zero attached hydrogens (tertiary/aromatic N) is 4. The van der Waals surface area contributed by atoms with Crippen molar-refractivity contribution in [1.29, 1.82) is 0 Å². The van der Waals surface area contributed by atoms with Crippen molar-refractivity contribution in [2.24, 2.45) is 5.92 Å². The van der Waals surface area contributed by atoms with Crippen molar-refractivity contribution < 1.29 is 9.59 Å². The van der Waals surface area contributed by atoms with Gasteiger partial charge in [-0.1, -0.05) is 0 Å². The van der Waals surface area contributed by atoms with E-state index in [2.05, 4.69) is 9.97 Å². The minimum absolute atomic E-state index is 0.0192. The van der Waals surface area contributed by atoms with Gasteiger partial charge in [0.2, 0.25) is 5.91 Å². The largest absolute Gasteiger partial charge is 0.337 e. The molecule has 0 unspecified atom stereocenters. The highest BCUT2D eigenvalue weighted by Crippen LogP contribution is 2.37. The SMILES string of the molecule is O=C1C[C@@H]2[C@@H](CCN2C(=O)c2cnccn2)N1CC1CC1. The van der Waals surface area contributed by atoms with Crippen LogP contribution in [0.25, 0.3) is 0 Å². The van der Waals surface area contributed by atoms with Gasteiger partial charge in [0.05, 0.1) is 18.3 Å². The second kappa shape index (κ2) is 4.79. The molecule has 3 heterocycles. The number of rotatable bonds is 3. The quantitative estimate of drug-likeness (QED) is 0.820. The van der Waals surface area contributed by atoms with E-state index in [0.717, 1.165) is 13.0 Å². The Labute approximate surface area is 123 Å². The van der Waals surface area contributed by atoms with Crippen molar-refractivity contribution in [1.82, 2.24) is 19.8 Å². The number of carbonyl (C=O) groups is 2. The third kappa shape index (κ3) is 2.18. The average molecular weight is 286 g/mol. The molecule has 1 aliphatic carbocycles. The molecule has 110 valence electrons. The third-order valence-electron chi connectivity index (χ3n) is 4.81. The van der Waals surface area contributed by atoms with Crippen LogP contribution in [-0.4, -0.2) is 56.8 Å². The molecule has 0 aromatic carbocycles. The number of likely N-dealkylation sites (tertiary alicyclic amines) is 2. The molecule has 2 saturated heterocycles. The summed E-state index contributed by atoms with van der Waals surface area (Å²) in [6.45, 7) is 1.59. The molecule has 3 fully saturated rings. The molecule has 6 nitrogen and oxygen atoms in total. The maximum Gasteiger partial charge on any atom is 0.274 e. The van der Waals surface area contributed by atoms with Crippen LogP contribution in [0.4, 0.5) is 0 Å². The molecule has 4 rings (SSSR count). The van der Waals surface area contributed by atoms with Gasteiger partial charge >= 0.3 is 0 Å². The summed E-state index contributed by atoms with van der Waals surface area (Å²) in [6, 6.07) is 0.226. The number of hydrogen-bond acceptors (Lipinski definition) is 4. The van der Waals surface area contributed by atoms with Crippen LogP contribution in [0.1, 0.15) is 36.2 Å². The predicted octanol–water partition coefficient (Wildman–Crippen LogP) is 0.702. The summed E-state index contributed by atoms with van der Waals surface area (Å²) < 4.78 is 0. The molecule has 2 atom stereocenters. The zero-order chi connectivity index (χ0) is 14.4. The van der Waals surface area contributed by atoms with Gasteiger partial charge in [0, 0.05) is 31.9 Å². The van der Waals surface area contributed by atoms with Gasteiger partial charge in [-0.15, -0.1) is 0 Å². The Morgan fingerprint density at radius 2 is 2.10 bits per heavy atom. The van der Waals surface area contributed by atoms with E-state index < -0.39 is 0 Å². The minimum atomic E-state index is -0.100. The van der Waals surface area contributed by atoms with Crippen molar-refractivity contribution in [2.75, 3.05) is 13.1 Å². The smallest absolute Gasteiger partial charge is 0.274 e. The van der Waals surface area contributed by atoms with Crippen molar-refractivity contribution in [2.45, 2.75) is 37.8 Å². The van der Waals surface area contributed by atoms with Crippen LogP contribution in [0.2, 0.25) is 0 Å². The molecule has 1 aromatic heterocycles. The lowest BCUT2D eigenvalue weighted by Gasteiger charge is -2.25. The van der Waals surface area contributed by atoms with E-state index in [-0.39, 0.29) is 23.9 Å². The minimum Gasteiger partial charge on any atom is -0.337 e. The molecule has 2 amide bonds. The van der Waals surface area contributed by atoms with E-state index in [1.165, 1.54) is 25.2 Å². The maximum absolute atomic E-state index is 12.5. The normalized spacial score (nSPS) is 28.1. The van der Waals surface area contributed by atoms with Gasteiger partial charge < -0.3 is 9.80 Å². The summed E-state index contributed by atoms with van der Waals surface area (Å²) in [5.74, 6) is 0.794. The Hall–Kier alpha value is -1.98. The molecule has 0 N–H and O–H groups in total. The number of carbonyl (C=O) groups excluding carboxylic acids is 2. The van der Waals surface area contributed by atoms with Crippen molar-refractivity contribution >= 4 is 11.8 Å². The van der Waals surface area contributed by atoms with Gasteiger partial charge in [-0.3, -0.25) is 14.6 Å². The van der Waals surface area contributed by atoms with Crippen molar-refractivity contribution in [3.8, 4) is 0 Å². The van der Waals surface area contributed by atoms with Gasteiger partial charge in [-0.05, 0) is 25.2 Å². The molecule has 0 bridgehead atoms. The summed E-state index contributed by atoms with van der Waals surface area (Å²) >= 11 is 0. The van der Waals surface area contributed by atoms with Crippen molar-refractivity contribution in [3.63, 3.8) is 0 Å². The third-order valence-corrected chi connectivity index (χ3v) is 4.81. The Kier molecular flexibility index (Phi) is 2.90. The molecule has 1 aromatic rings. The van der Waals surface area contributed by atoms with E-state index in [9.17, 15) is 9.59 Å². The lowest BCUT2D eigenvalue weighted by molar-refractivity contribution is -0.129. The Morgan fingerprint density at radius 1 is 1.24 bits per heavy atom. The monoisotopic (exact) mass is 286 g/mol. The fourth-order valence-corrected chi connectivity index (χ4v) is 3.55. The molecule has 0 spiro atoms. The van der Waals surface area contributed by atoms with Crippen molar-refractivity contribution in [3.05, 3.63) is 24.3 Å². The first-order valence-corrected chi connectivity index (χ1v) is 7.60. The number of amides is 2. The molecule has 2 aliphatic heterocycles. The summed E-state index contributed by atoms with van der Waals surface area (Å²) in [7, 11) is 0. The van der Waals surface area contributed by atoms with E-state index in [1.54, 1.807) is 6.20 Å². The fraction of sp³-hybridized carbons (Fsp3) is 0.600. The second-order valence-corrected chi connectivity index (χ2v) is 6.21. The first-order valence-electron chi connectivity index (χ1n) is 7.60. The summed E-state index contributed by atoms with van der Waals surface area (Å²) in [5.41, 5.74) is 0.367. The van der Waals surface area contributed by atoms with E-state index in [4.69, 9.17) is 0 Å². The molecular weight excluding hydrogens is 268 g/mol. The highest BCUT2D eigenvalue weighted by Gasteiger charge is 2.49. The van der Waals surface area contributed by atoms with Gasteiger partial charge in [-0.2, -0.15) is 0 Å². The average Bonchev–Trinajstić information content (AvgIpc) is 3.16. The zero-order valence-electron chi connectivity index (χ0n) is 11.8. The standard InChI is InChI=1S/C15H18N4O2/c20-14-7-13-12(19(14)9-10-1-2-10)3-6-18(13)15(21)11-8-16-4-5-17-11/h4-5,8,10,12-13H,1-3,6-7,9H2/t12-,13-/m1/s1. The Morgan fingerprint density at radius 3 is 2.81 bits per heavy atom. The number of aromatic nitrogens is 2. The summed E-state index contributed by atoms with van der Waals surface area (Å²) in [5, 5.41) is 0. The van der Waals surface area contributed by atoms with Crippen LogP contribution in [-0.2, 0) is 4.79 Å². The topological polar surface area (TPSA) is 66.4 Å². The first kappa shape index (κ1) is 12.7. The molecule has 21 heavy (non-hydrogen) atoms. The lowest BCUT2D eigenvalue weighted by Crippen LogP contribution is -2.40. The summed E-state index contributed by atoms with van der Waals surface area (Å²) in [4.78, 5) is 36.6. The van der Waals surface area contributed by atoms with E-state index in [1.807, 2.05) is 9.80 Å². The second-order valence-electron chi connectivity index (χ2n) is 6.21. The Bertz CT molecular complexity index is 572. The van der Waals surface area contributed by atoms with Crippen LogP contribution < -0.4 is 0 Å². The maximum atomic E-state index is 12.5. The highest BCUT2D eigenvalue weighted by molar-refractivity contribution is 5.93. The zero-order valence-corrected chi connectivity index (χ0v) is 11.8. The first-order chi connectivity index (χ1) is 10.2. The fourth-order valence-electron chi connectivity index (χ4n) is 3.55. The van der Waals surface area contributed by atoms with Gasteiger partial charge in [-0.25, -0.2) is 4.98 Å². The number of hydrogen-bond donors (Lipinski definition) is 0. The highest BCUT2D eigenvalue weighted by atomic mass is 16.2. The number of fused-ring (bicyclic) bond motifs is 1. The van der Waals surface area contributed by atoms with Gasteiger partial charge in [0.25, 0.3) is 5.91 Å². The lowest BCUT2D eigenvalue weighted by atomic mass is 10.1. The molecule has 1 saturated carbocycles. The van der Waals surface area contributed by atoms with Crippen LogP contribution >= 0.6 is 0 Å². The summed E-state index contributed by atoms with van der Waals surface area (Å²) in [6.07, 6.45) is 8.40.